The van der Waals surface area contributed by atoms with E-state index in [1.807, 2.05) is 24.3 Å². The van der Waals surface area contributed by atoms with Crippen LogP contribution in [0.5, 0.6) is 0 Å². The number of hydrogen-bond donors (Lipinski definition) is 0. The van der Waals surface area contributed by atoms with Crippen molar-refractivity contribution in [3.05, 3.63) is 72.6 Å². The third-order valence-electron chi connectivity index (χ3n) is 5.73. The average Bonchev–Trinajstić information content (AvgIpc) is 3.44. The molecule has 1 aromatic heterocycles. The number of aryl methyl sites for hydroxylation is 1. The summed E-state index contributed by atoms with van der Waals surface area (Å²) in [7, 11) is -2.26. The Bertz CT molecular complexity index is 1470. The molecule has 9 nitrogen and oxygen atoms in total. The first-order valence-corrected chi connectivity index (χ1v) is 12.1. The summed E-state index contributed by atoms with van der Waals surface area (Å²) in [5, 5.41) is 5.69. The van der Waals surface area contributed by atoms with Crippen LogP contribution in [0.15, 0.2) is 76.1 Å². The van der Waals surface area contributed by atoms with Gasteiger partial charge in [0, 0.05) is 25.2 Å². The van der Waals surface area contributed by atoms with Crippen LogP contribution in [0.25, 0.3) is 22.2 Å². The first-order valence-electron chi connectivity index (χ1n) is 10.7. The quantitative estimate of drug-likeness (QED) is 0.414. The van der Waals surface area contributed by atoms with Crippen LogP contribution in [0.2, 0.25) is 0 Å². The maximum absolute atomic E-state index is 13.1. The van der Waals surface area contributed by atoms with E-state index in [2.05, 4.69) is 10.1 Å². The maximum Gasteiger partial charge on any atom is 0.414 e. The van der Waals surface area contributed by atoms with Crippen molar-refractivity contribution in [1.29, 1.82) is 0 Å². The Morgan fingerprint density at radius 3 is 2.50 bits per heavy atom. The Kier molecular flexibility index (Phi) is 5.54. The van der Waals surface area contributed by atoms with Crippen LogP contribution in [-0.2, 0) is 14.8 Å². The molecular formula is C24H22N4O5S. The van der Waals surface area contributed by atoms with E-state index in [9.17, 15) is 13.2 Å². The van der Waals surface area contributed by atoms with E-state index in [1.165, 1.54) is 16.3 Å². The number of nitrogens with zero attached hydrogens (tertiary/aromatic N) is 4. The summed E-state index contributed by atoms with van der Waals surface area (Å²) in [4.78, 5) is 18.3. The molecule has 1 fully saturated rings. The number of sulfonamides is 1. The zero-order valence-corrected chi connectivity index (χ0v) is 19.4. The van der Waals surface area contributed by atoms with Crippen LogP contribution in [-0.4, -0.2) is 55.2 Å². The zero-order valence-electron chi connectivity index (χ0n) is 18.6. The molecule has 0 N–H and O–H groups in total. The minimum Gasteiger partial charge on any atom is -0.443 e. The maximum atomic E-state index is 13.1. The van der Waals surface area contributed by atoms with Crippen molar-refractivity contribution < 1.29 is 22.5 Å². The summed E-state index contributed by atoms with van der Waals surface area (Å²) in [6.45, 7) is 1.98. The molecule has 10 heteroatoms. The number of hydrogen-bond acceptors (Lipinski definition) is 7. The predicted molar refractivity (Wildman–Crippen MR) is 126 cm³/mol. The van der Waals surface area contributed by atoms with E-state index in [0.717, 1.165) is 16.3 Å². The number of rotatable bonds is 6. The molecule has 0 radical (unpaired) electrons. The van der Waals surface area contributed by atoms with Gasteiger partial charge in [0.25, 0.3) is 0 Å². The molecule has 34 heavy (non-hydrogen) atoms. The molecule has 0 aliphatic carbocycles. The van der Waals surface area contributed by atoms with Crippen molar-refractivity contribution in [2.45, 2.75) is 17.9 Å². The highest BCUT2D eigenvalue weighted by atomic mass is 32.2. The number of anilines is 1. The second kappa shape index (κ2) is 8.54. The highest BCUT2D eigenvalue weighted by molar-refractivity contribution is 7.89. The summed E-state index contributed by atoms with van der Waals surface area (Å²) >= 11 is 0. The highest BCUT2D eigenvalue weighted by Crippen LogP contribution is 2.27. The van der Waals surface area contributed by atoms with Crippen LogP contribution < -0.4 is 4.90 Å². The van der Waals surface area contributed by atoms with Gasteiger partial charge in [0.1, 0.15) is 6.10 Å². The number of fused-ring (bicyclic) bond motifs is 1. The van der Waals surface area contributed by atoms with Crippen molar-refractivity contribution in [1.82, 2.24) is 14.4 Å². The number of carbonyl (C=O) groups excluding carboxylic acids is 1. The molecule has 0 bridgehead atoms. The topological polar surface area (TPSA) is 106 Å². The number of amides is 1. The van der Waals surface area contributed by atoms with Gasteiger partial charge < -0.3 is 9.26 Å². The first-order chi connectivity index (χ1) is 16.3. The lowest BCUT2D eigenvalue weighted by Crippen LogP contribution is -2.36. The van der Waals surface area contributed by atoms with Gasteiger partial charge in [0.2, 0.25) is 21.7 Å². The van der Waals surface area contributed by atoms with Crippen LogP contribution in [0.1, 0.15) is 5.89 Å². The van der Waals surface area contributed by atoms with Crippen LogP contribution in [0.4, 0.5) is 10.5 Å². The standard InChI is InChI=1S/C24H22N4O5S/c1-16-25-23(26-33-16)18-7-10-20(11-8-18)28-15-21(32-24(28)29)14-27(2)34(30,31)22-12-9-17-5-3-4-6-19(17)13-22/h3-13,21H,14-15H2,1-2H3. The lowest BCUT2D eigenvalue weighted by atomic mass is 10.1. The van der Waals surface area contributed by atoms with Gasteiger partial charge in [0.05, 0.1) is 18.0 Å². The Balaban J connectivity index is 1.28. The van der Waals surface area contributed by atoms with Gasteiger partial charge >= 0.3 is 6.09 Å². The minimum atomic E-state index is -3.75. The smallest absolute Gasteiger partial charge is 0.414 e. The summed E-state index contributed by atoms with van der Waals surface area (Å²) in [6, 6.07) is 19.7. The molecule has 5 rings (SSSR count). The van der Waals surface area contributed by atoms with Gasteiger partial charge in [-0.25, -0.2) is 13.2 Å². The third-order valence-corrected chi connectivity index (χ3v) is 7.55. The first kappa shape index (κ1) is 22.1. The van der Waals surface area contributed by atoms with Gasteiger partial charge in [-0.15, -0.1) is 0 Å². The normalized spacial score (nSPS) is 16.4. The number of cyclic esters (lactones) is 1. The zero-order chi connectivity index (χ0) is 23.9. The predicted octanol–water partition coefficient (Wildman–Crippen LogP) is 3.84. The van der Waals surface area contributed by atoms with E-state index in [0.29, 0.717) is 17.4 Å². The summed E-state index contributed by atoms with van der Waals surface area (Å²) < 4.78 is 37.9. The van der Waals surface area contributed by atoms with Gasteiger partial charge in [0.15, 0.2) is 0 Å². The molecule has 1 saturated heterocycles. The molecule has 1 unspecified atom stereocenters. The van der Waals surface area contributed by atoms with Gasteiger partial charge in [-0.1, -0.05) is 35.5 Å². The number of benzene rings is 3. The fourth-order valence-electron chi connectivity index (χ4n) is 3.93. The van der Waals surface area contributed by atoms with Crippen molar-refractivity contribution in [2.24, 2.45) is 0 Å². The number of carbonyl (C=O) groups is 1. The molecule has 1 aliphatic rings. The summed E-state index contributed by atoms with van der Waals surface area (Å²) in [6.07, 6.45) is -1.13. The van der Waals surface area contributed by atoms with E-state index in [1.54, 1.807) is 49.4 Å². The second-order valence-corrected chi connectivity index (χ2v) is 10.1. The van der Waals surface area contributed by atoms with Gasteiger partial charge in [-0.05, 0) is 47.2 Å². The molecule has 174 valence electrons. The molecule has 1 amide bonds. The van der Waals surface area contributed by atoms with Crippen LogP contribution in [0.3, 0.4) is 0 Å². The molecule has 0 saturated carbocycles. The SMILES string of the molecule is Cc1nc(-c2ccc(N3CC(CN(C)S(=O)(=O)c4ccc5ccccc5c4)OC3=O)cc2)no1. The average molecular weight is 479 g/mol. The Hall–Kier alpha value is -3.76. The summed E-state index contributed by atoms with van der Waals surface area (Å²) in [5.74, 6) is 0.930. The van der Waals surface area contributed by atoms with E-state index < -0.39 is 22.2 Å². The van der Waals surface area contributed by atoms with E-state index >= 15 is 0 Å². The summed E-state index contributed by atoms with van der Waals surface area (Å²) in [5.41, 5.74) is 1.39. The number of likely N-dealkylation sites (N-methyl/N-ethyl adjacent to an activating group) is 1. The lowest BCUT2D eigenvalue weighted by molar-refractivity contribution is 0.131. The van der Waals surface area contributed by atoms with E-state index in [4.69, 9.17) is 9.26 Å². The molecule has 3 aromatic carbocycles. The Morgan fingerprint density at radius 2 is 1.79 bits per heavy atom. The van der Waals surface area contributed by atoms with Crippen molar-refractivity contribution in [3.63, 3.8) is 0 Å². The molecular weight excluding hydrogens is 456 g/mol. The Labute approximate surface area is 196 Å². The molecule has 1 atom stereocenters. The molecule has 0 spiro atoms. The van der Waals surface area contributed by atoms with Crippen molar-refractivity contribution in [2.75, 3.05) is 25.0 Å². The molecule has 1 aliphatic heterocycles. The second-order valence-electron chi connectivity index (χ2n) is 8.09. The Morgan fingerprint density at radius 1 is 1.06 bits per heavy atom. The van der Waals surface area contributed by atoms with Gasteiger partial charge in [-0.2, -0.15) is 9.29 Å². The number of ether oxygens (including phenoxy) is 1. The van der Waals surface area contributed by atoms with Crippen LogP contribution >= 0.6 is 0 Å². The highest BCUT2D eigenvalue weighted by Gasteiger charge is 2.35. The number of aromatic nitrogens is 2. The van der Waals surface area contributed by atoms with E-state index in [-0.39, 0.29) is 18.0 Å². The van der Waals surface area contributed by atoms with Crippen molar-refractivity contribution >= 4 is 32.6 Å². The third kappa shape index (κ3) is 4.13. The largest absolute Gasteiger partial charge is 0.443 e. The lowest BCUT2D eigenvalue weighted by Gasteiger charge is -2.20. The monoisotopic (exact) mass is 478 g/mol. The molecule has 4 aromatic rings. The fraction of sp³-hybridized carbons (Fsp3) is 0.208. The van der Waals surface area contributed by atoms with Crippen molar-refractivity contribution in [3.8, 4) is 11.4 Å². The fourth-order valence-corrected chi connectivity index (χ4v) is 5.17. The molecule has 2 heterocycles. The minimum absolute atomic E-state index is 0.0393. The van der Waals surface area contributed by atoms with Gasteiger partial charge in [-0.3, -0.25) is 4.90 Å². The van der Waals surface area contributed by atoms with Crippen LogP contribution in [0, 0.1) is 6.92 Å².